The number of amides is 1. The molecule has 1 aliphatic rings. The number of likely N-dealkylation sites (N-methyl/N-ethyl adjacent to an activating group) is 1. The summed E-state index contributed by atoms with van der Waals surface area (Å²) in [5.41, 5.74) is 4.45. The highest BCUT2D eigenvalue weighted by Crippen LogP contribution is 2.27. The van der Waals surface area contributed by atoms with E-state index >= 15 is 0 Å². The fourth-order valence-corrected chi connectivity index (χ4v) is 3.21. The Bertz CT molecular complexity index is 770. The second-order valence-electron chi connectivity index (χ2n) is 6.45. The van der Waals surface area contributed by atoms with Crippen LogP contribution in [0.5, 0.6) is 11.5 Å². The van der Waals surface area contributed by atoms with Crippen molar-refractivity contribution in [2.24, 2.45) is 0 Å². The van der Waals surface area contributed by atoms with Crippen LogP contribution in [0.2, 0.25) is 0 Å². The maximum Gasteiger partial charge on any atom is 0.238 e. The second kappa shape index (κ2) is 8.10. The summed E-state index contributed by atoms with van der Waals surface area (Å²) in [6, 6.07) is 11.7. The summed E-state index contributed by atoms with van der Waals surface area (Å²) >= 11 is 0. The summed E-state index contributed by atoms with van der Waals surface area (Å²) < 4.78 is 10.5. The molecule has 1 heterocycles. The molecule has 6 heteroatoms. The van der Waals surface area contributed by atoms with Crippen LogP contribution >= 0.6 is 0 Å². The van der Waals surface area contributed by atoms with Crippen LogP contribution in [-0.2, 0) is 17.8 Å². The number of nitrogens with one attached hydrogen (secondary N) is 2. The van der Waals surface area contributed by atoms with Crippen LogP contribution in [0.25, 0.3) is 0 Å². The highest BCUT2D eigenvalue weighted by molar-refractivity contribution is 5.92. The molecule has 138 valence electrons. The lowest BCUT2D eigenvalue weighted by molar-refractivity contribution is -0.117. The largest absolute Gasteiger partial charge is 0.497 e. The number of carbonyl (C=O) groups excluding carboxylic acids is 1. The smallest absolute Gasteiger partial charge is 0.238 e. The summed E-state index contributed by atoms with van der Waals surface area (Å²) in [6.45, 7) is 1.99. The molecule has 0 bridgehead atoms. The maximum atomic E-state index is 12.4. The van der Waals surface area contributed by atoms with E-state index in [9.17, 15) is 4.79 Å². The van der Waals surface area contributed by atoms with Gasteiger partial charge in [-0.25, -0.2) is 0 Å². The number of fused-ring (bicyclic) bond motifs is 1. The van der Waals surface area contributed by atoms with Gasteiger partial charge >= 0.3 is 0 Å². The standard InChI is InChI=1S/C20H25N3O3/c1-23(12-15-6-4-5-14-7-8-21-20(14)15)13-19(24)22-16-9-17(25-2)11-18(10-16)26-3/h4-6,9-11,21H,7-8,12-13H2,1-3H3,(H,22,24). The Hall–Kier alpha value is -2.73. The third-order valence-electron chi connectivity index (χ3n) is 4.42. The van der Waals surface area contributed by atoms with Crippen LogP contribution in [0, 0.1) is 0 Å². The van der Waals surface area contributed by atoms with Crippen LogP contribution < -0.4 is 20.1 Å². The van der Waals surface area contributed by atoms with E-state index in [0.717, 1.165) is 13.0 Å². The summed E-state index contributed by atoms with van der Waals surface area (Å²) in [4.78, 5) is 14.4. The van der Waals surface area contributed by atoms with Crippen LogP contribution in [0.1, 0.15) is 11.1 Å². The van der Waals surface area contributed by atoms with E-state index in [0.29, 0.717) is 30.3 Å². The van der Waals surface area contributed by atoms with E-state index in [1.54, 1.807) is 32.4 Å². The van der Waals surface area contributed by atoms with Gasteiger partial charge in [-0.3, -0.25) is 9.69 Å². The molecule has 2 N–H and O–H groups in total. The molecule has 2 aromatic carbocycles. The summed E-state index contributed by atoms with van der Waals surface area (Å²) in [6.07, 6.45) is 1.06. The number of benzene rings is 2. The molecule has 0 aromatic heterocycles. The van der Waals surface area contributed by atoms with Crippen molar-refractivity contribution in [3.05, 3.63) is 47.5 Å². The molecule has 1 aliphatic heterocycles. The Balaban J connectivity index is 1.61. The van der Waals surface area contributed by atoms with Crippen molar-refractivity contribution in [1.29, 1.82) is 0 Å². The fraction of sp³-hybridized carbons (Fsp3) is 0.350. The Morgan fingerprint density at radius 2 is 1.92 bits per heavy atom. The Kier molecular flexibility index (Phi) is 5.63. The molecule has 6 nitrogen and oxygen atoms in total. The lowest BCUT2D eigenvalue weighted by Crippen LogP contribution is -2.30. The van der Waals surface area contributed by atoms with Crippen LogP contribution in [0.4, 0.5) is 11.4 Å². The molecule has 0 saturated carbocycles. The number of nitrogens with zero attached hydrogens (tertiary/aromatic N) is 1. The molecule has 3 rings (SSSR count). The highest BCUT2D eigenvalue weighted by atomic mass is 16.5. The predicted molar refractivity (Wildman–Crippen MR) is 103 cm³/mol. The number of carbonyl (C=O) groups is 1. The normalized spacial score (nSPS) is 12.5. The van der Waals surface area contributed by atoms with Crippen LogP contribution in [0.15, 0.2) is 36.4 Å². The number of hydrogen-bond donors (Lipinski definition) is 2. The van der Waals surface area contributed by atoms with Gasteiger partial charge in [0.1, 0.15) is 11.5 Å². The van der Waals surface area contributed by atoms with Crippen molar-refractivity contribution < 1.29 is 14.3 Å². The Morgan fingerprint density at radius 1 is 1.19 bits per heavy atom. The number of ether oxygens (including phenoxy) is 2. The molecular weight excluding hydrogens is 330 g/mol. The molecule has 0 radical (unpaired) electrons. The number of methoxy groups -OCH3 is 2. The summed E-state index contributed by atoms with van der Waals surface area (Å²) in [5, 5.41) is 6.34. The Morgan fingerprint density at radius 3 is 2.62 bits per heavy atom. The van der Waals surface area contributed by atoms with E-state index in [1.165, 1.54) is 16.8 Å². The monoisotopic (exact) mass is 355 g/mol. The molecule has 0 spiro atoms. The van der Waals surface area contributed by atoms with Gasteiger partial charge in [-0.05, 0) is 24.6 Å². The molecule has 0 atom stereocenters. The van der Waals surface area contributed by atoms with Gasteiger partial charge < -0.3 is 20.1 Å². The molecule has 26 heavy (non-hydrogen) atoms. The van der Waals surface area contributed by atoms with E-state index in [-0.39, 0.29) is 5.91 Å². The third kappa shape index (κ3) is 4.26. The average molecular weight is 355 g/mol. The van der Waals surface area contributed by atoms with Gasteiger partial charge in [0.25, 0.3) is 0 Å². The molecule has 2 aromatic rings. The number of rotatable bonds is 7. The minimum Gasteiger partial charge on any atom is -0.497 e. The summed E-state index contributed by atoms with van der Waals surface area (Å²) in [5.74, 6) is 1.20. The molecule has 0 unspecified atom stereocenters. The van der Waals surface area contributed by atoms with Gasteiger partial charge in [-0.2, -0.15) is 0 Å². The van der Waals surface area contributed by atoms with Gasteiger partial charge in [-0.15, -0.1) is 0 Å². The van der Waals surface area contributed by atoms with E-state index < -0.39 is 0 Å². The first kappa shape index (κ1) is 18.1. The van der Waals surface area contributed by atoms with Gasteiger partial charge in [-0.1, -0.05) is 18.2 Å². The first-order valence-corrected chi connectivity index (χ1v) is 8.65. The van der Waals surface area contributed by atoms with Crippen LogP contribution in [-0.4, -0.2) is 45.2 Å². The zero-order chi connectivity index (χ0) is 18.5. The Labute approximate surface area is 154 Å². The zero-order valence-corrected chi connectivity index (χ0v) is 15.5. The maximum absolute atomic E-state index is 12.4. The van der Waals surface area contributed by atoms with Crippen molar-refractivity contribution in [2.75, 3.05) is 45.0 Å². The third-order valence-corrected chi connectivity index (χ3v) is 4.42. The SMILES string of the molecule is COc1cc(NC(=O)CN(C)Cc2cccc3c2NCC3)cc(OC)c1. The quantitative estimate of drug-likeness (QED) is 0.800. The minimum absolute atomic E-state index is 0.0802. The molecule has 0 fully saturated rings. The van der Waals surface area contributed by atoms with Crippen molar-refractivity contribution in [3.8, 4) is 11.5 Å². The molecule has 0 aliphatic carbocycles. The predicted octanol–water partition coefficient (Wildman–Crippen LogP) is 2.74. The molecule has 0 saturated heterocycles. The van der Waals surface area contributed by atoms with Gasteiger partial charge in [0.05, 0.1) is 20.8 Å². The van der Waals surface area contributed by atoms with Gasteiger partial charge in [0, 0.05) is 42.7 Å². The first-order chi connectivity index (χ1) is 12.6. The van der Waals surface area contributed by atoms with Gasteiger partial charge in [0.15, 0.2) is 0 Å². The minimum atomic E-state index is -0.0802. The second-order valence-corrected chi connectivity index (χ2v) is 6.45. The van der Waals surface area contributed by atoms with Crippen LogP contribution in [0.3, 0.4) is 0 Å². The molecular formula is C20H25N3O3. The number of para-hydroxylation sites is 1. The first-order valence-electron chi connectivity index (χ1n) is 8.65. The lowest BCUT2D eigenvalue weighted by Gasteiger charge is -2.18. The van der Waals surface area contributed by atoms with E-state index in [4.69, 9.17) is 9.47 Å². The van der Waals surface area contributed by atoms with Crippen molar-refractivity contribution in [3.63, 3.8) is 0 Å². The van der Waals surface area contributed by atoms with Gasteiger partial charge in [0.2, 0.25) is 5.91 Å². The lowest BCUT2D eigenvalue weighted by atomic mass is 10.1. The van der Waals surface area contributed by atoms with Crippen molar-refractivity contribution in [1.82, 2.24) is 4.90 Å². The number of anilines is 2. The van der Waals surface area contributed by atoms with Crippen molar-refractivity contribution >= 4 is 17.3 Å². The fourth-order valence-electron chi connectivity index (χ4n) is 3.21. The van der Waals surface area contributed by atoms with E-state index in [2.05, 4.69) is 28.8 Å². The highest BCUT2D eigenvalue weighted by Gasteiger charge is 2.16. The topological polar surface area (TPSA) is 62.8 Å². The average Bonchev–Trinajstić information content (AvgIpc) is 3.10. The van der Waals surface area contributed by atoms with Crippen molar-refractivity contribution in [2.45, 2.75) is 13.0 Å². The summed E-state index contributed by atoms with van der Waals surface area (Å²) in [7, 11) is 5.11. The van der Waals surface area contributed by atoms with E-state index in [1.807, 2.05) is 11.9 Å². The zero-order valence-electron chi connectivity index (χ0n) is 15.5. The number of hydrogen-bond acceptors (Lipinski definition) is 5. The molecule has 1 amide bonds.